The number of aliphatic imine (C=N–C) groups is 1. The number of rotatable bonds is 3. The van der Waals surface area contributed by atoms with E-state index in [4.69, 9.17) is 0 Å². The van der Waals surface area contributed by atoms with Gasteiger partial charge in [0.2, 0.25) is 0 Å². The van der Waals surface area contributed by atoms with Gasteiger partial charge >= 0.3 is 0 Å². The number of pyridine rings is 1. The molecule has 1 atom stereocenters. The van der Waals surface area contributed by atoms with Crippen molar-refractivity contribution in [2.75, 3.05) is 26.2 Å². The van der Waals surface area contributed by atoms with E-state index in [0.29, 0.717) is 53.5 Å². The van der Waals surface area contributed by atoms with Crippen molar-refractivity contribution in [1.29, 1.82) is 0 Å². The molecule has 1 amide bonds. The first-order valence-corrected chi connectivity index (χ1v) is 10.2. The van der Waals surface area contributed by atoms with E-state index in [1.54, 1.807) is 23.7 Å². The Kier molecular flexibility index (Phi) is 4.53. The number of H-pyrrole nitrogens is 1. The molecule has 0 saturated carbocycles. The number of carbonyl (C=O) groups is 1. The maximum Gasteiger partial charge on any atom is 0.269 e. The van der Waals surface area contributed by atoms with E-state index in [-0.39, 0.29) is 17.5 Å². The van der Waals surface area contributed by atoms with Gasteiger partial charge in [0.25, 0.3) is 11.5 Å². The molecular formula is C20H18N6O2S. The van der Waals surface area contributed by atoms with Crippen LogP contribution < -0.4 is 10.9 Å². The third-order valence-corrected chi connectivity index (χ3v) is 6.07. The Morgan fingerprint density at radius 1 is 1.31 bits per heavy atom. The van der Waals surface area contributed by atoms with Gasteiger partial charge in [-0.1, -0.05) is 12.1 Å². The molecule has 29 heavy (non-hydrogen) atoms. The Morgan fingerprint density at radius 3 is 3.03 bits per heavy atom. The molecule has 3 aromatic rings. The number of thiophene rings is 1. The summed E-state index contributed by atoms with van der Waals surface area (Å²) in [6, 6.07) is 5.47. The zero-order chi connectivity index (χ0) is 19.8. The number of nitrogens with zero attached hydrogens (tertiary/aromatic N) is 4. The van der Waals surface area contributed by atoms with E-state index < -0.39 is 0 Å². The second-order valence-corrected chi connectivity index (χ2v) is 7.79. The molecule has 1 saturated heterocycles. The summed E-state index contributed by atoms with van der Waals surface area (Å²) < 4.78 is 0.449. The van der Waals surface area contributed by atoms with Gasteiger partial charge in [-0.25, -0.2) is 4.98 Å². The fraction of sp³-hybridized carbons (Fsp3) is 0.250. The Balaban J connectivity index is 1.49. The topological polar surface area (TPSA) is 103 Å². The standard InChI is InChI=1S/C20H18N6O2S/c27-19-17-16(24-18(25-19)14-3-1-2-5-22-14)13(11-29-17)20(28)26-8-7-23-15(10-26)12-4-6-21-9-12/h1-5,9,11,15,23H,6-8,10H2,(H,24,25,27). The molecule has 0 radical (unpaired) electrons. The van der Waals surface area contributed by atoms with Crippen LogP contribution in [0.5, 0.6) is 0 Å². The number of nitrogens with one attached hydrogen (secondary N) is 2. The molecule has 2 aliphatic heterocycles. The lowest BCUT2D eigenvalue weighted by atomic mass is 10.1. The first kappa shape index (κ1) is 17.9. The highest BCUT2D eigenvalue weighted by molar-refractivity contribution is 7.17. The van der Waals surface area contributed by atoms with Gasteiger partial charge in [0.1, 0.15) is 15.9 Å². The first-order chi connectivity index (χ1) is 14.2. The highest BCUT2D eigenvalue weighted by Crippen LogP contribution is 2.25. The lowest BCUT2D eigenvalue weighted by Crippen LogP contribution is -2.53. The molecule has 1 fully saturated rings. The highest BCUT2D eigenvalue weighted by atomic mass is 32.1. The molecule has 2 N–H and O–H groups in total. The van der Waals surface area contributed by atoms with E-state index in [0.717, 1.165) is 5.57 Å². The van der Waals surface area contributed by atoms with Gasteiger partial charge in [0.15, 0.2) is 5.82 Å². The monoisotopic (exact) mass is 406 g/mol. The van der Waals surface area contributed by atoms with E-state index >= 15 is 0 Å². The molecule has 8 nitrogen and oxygen atoms in total. The largest absolute Gasteiger partial charge is 0.335 e. The summed E-state index contributed by atoms with van der Waals surface area (Å²) in [5, 5.41) is 5.17. The fourth-order valence-corrected chi connectivity index (χ4v) is 4.51. The van der Waals surface area contributed by atoms with E-state index in [1.807, 2.05) is 17.2 Å². The number of fused-ring (bicyclic) bond motifs is 1. The third kappa shape index (κ3) is 3.28. The Morgan fingerprint density at radius 2 is 2.24 bits per heavy atom. The molecule has 146 valence electrons. The van der Waals surface area contributed by atoms with Crippen molar-refractivity contribution in [2.24, 2.45) is 4.99 Å². The lowest BCUT2D eigenvalue weighted by Gasteiger charge is -2.33. The molecule has 2 aliphatic rings. The Hall–Kier alpha value is -3.17. The van der Waals surface area contributed by atoms with Gasteiger partial charge in [-0.05, 0) is 17.7 Å². The predicted octanol–water partition coefficient (Wildman–Crippen LogP) is 1.47. The van der Waals surface area contributed by atoms with Crippen molar-refractivity contribution in [3.63, 3.8) is 0 Å². The van der Waals surface area contributed by atoms with Crippen LogP contribution in [0.1, 0.15) is 10.4 Å². The van der Waals surface area contributed by atoms with E-state index in [1.165, 1.54) is 11.3 Å². The number of hydrogen-bond donors (Lipinski definition) is 2. The molecule has 3 aromatic heterocycles. The lowest BCUT2D eigenvalue weighted by molar-refractivity contribution is 0.0718. The summed E-state index contributed by atoms with van der Waals surface area (Å²) >= 11 is 1.24. The second-order valence-electron chi connectivity index (χ2n) is 6.91. The summed E-state index contributed by atoms with van der Waals surface area (Å²) in [5.74, 6) is 0.254. The molecule has 0 spiro atoms. The third-order valence-electron chi connectivity index (χ3n) is 5.10. The van der Waals surface area contributed by atoms with Crippen LogP contribution in [-0.4, -0.2) is 64.2 Å². The summed E-state index contributed by atoms with van der Waals surface area (Å²) in [6.07, 6.45) is 5.58. The van der Waals surface area contributed by atoms with Crippen molar-refractivity contribution in [2.45, 2.75) is 6.04 Å². The van der Waals surface area contributed by atoms with Crippen molar-refractivity contribution in [3.8, 4) is 11.5 Å². The molecule has 0 bridgehead atoms. The van der Waals surface area contributed by atoms with Gasteiger partial charge < -0.3 is 15.2 Å². The van der Waals surface area contributed by atoms with Crippen molar-refractivity contribution >= 4 is 33.7 Å². The van der Waals surface area contributed by atoms with E-state index in [2.05, 4.69) is 31.3 Å². The summed E-state index contributed by atoms with van der Waals surface area (Å²) in [6.45, 7) is 2.56. The Bertz CT molecular complexity index is 1200. The molecule has 5 heterocycles. The number of aromatic nitrogens is 3. The van der Waals surface area contributed by atoms with Gasteiger partial charge in [0.05, 0.1) is 18.2 Å². The smallest absolute Gasteiger partial charge is 0.269 e. The molecule has 0 aliphatic carbocycles. The van der Waals surface area contributed by atoms with Crippen LogP contribution in [0.4, 0.5) is 0 Å². The van der Waals surface area contributed by atoms with Gasteiger partial charge in [-0.15, -0.1) is 11.3 Å². The SMILES string of the molecule is O=C(c1csc2c(=O)[nH]c(-c3ccccn3)nc12)N1CCNC(C2=CCN=C2)C1. The average molecular weight is 406 g/mol. The van der Waals surface area contributed by atoms with Crippen molar-refractivity contribution in [1.82, 2.24) is 25.2 Å². The zero-order valence-corrected chi connectivity index (χ0v) is 16.3. The Labute approximate surface area is 170 Å². The maximum atomic E-state index is 13.3. The second kappa shape index (κ2) is 7.34. The molecule has 9 heteroatoms. The van der Waals surface area contributed by atoms with Crippen LogP contribution in [-0.2, 0) is 0 Å². The van der Waals surface area contributed by atoms with Crippen molar-refractivity contribution in [3.05, 3.63) is 57.3 Å². The summed E-state index contributed by atoms with van der Waals surface area (Å²) in [7, 11) is 0. The number of hydrogen-bond acceptors (Lipinski definition) is 7. The van der Waals surface area contributed by atoms with E-state index in [9.17, 15) is 9.59 Å². The highest BCUT2D eigenvalue weighted by Gasteiger charge is 2.28. The van der Waals surface area contributed by atoms with Crippen LogP contribution in [0.3, 0.4) is 0 Å². The minimum Gasteiger partial charge on any atom is -0.335 e. The van der Waals surface area contributed by atoms with Crippen LogP contribution in [0.25, 0.3) is 21.7 Å². The zero-order valence-electron chi connectivity index (χ0n) is 15.5. The summed E-state index contributed by atoms with van der Waals surface area (Å²) in [5.41, 5.74) is 2.31. The quantitative estimate of drug-likeness (QED) is 0.686. The van der Waals surface area contributed by atoms with Crippen LogP contribution in [0.2, 0.25) is 0 Å². The van der Waals surface area contributed by atoms with Gasteiger partial charge in [-0.2, -0.15) is 0 Å². The molecular weight excluding hydrogens is 388 g/mol. The average Bonchev–Trinajstić information content (AvgIpc) is 3.44. The molecule has 0 aromatic carbocycles. The molecule has 1 unspecified atom stereocenters. The predicted molar refractivity (Wildman–Crippen MR) is 113 cm³/mol. The number of piperazine rings is 1. The summed E-state index contributed by atoms with van der Waals surface area (Å²) in [4.78, 5) is 43.5. The normalized spacial score (nSPS) is 19.0. The number of carbonyl (C=O) groups excluding carboxylic acids is 1. The fourth-order valence-electron chi connectivity index (χ4n) is 3.63. The van der Waals surface area contributed by atoms with Crippen molar-refractivity contribution < 1.29 is 4.79 Å². The molecule has 5 rings (SSSR count). The minimum absolute atomic E-state index is 0.0734. The number of aromatic amines is 1. The van der Waals surface area contributed by atoms with Gasteiger partial charge in [-0.3, -0.25) is 19.6 Å². The van der Waals surface area contributed by atoms with Crippen LogP contribution >= 0.6 is 11.3 Å². The van der Waals surface area contributed by atoms with Crippen LogP contribution in [0.15, 0.2) is 51.2 Å². The van der Waals surface area contributed by atoms with Crippen LogP contribution in [0, 0.1) is 0 Å². The van der Waals surface area contributed by atoms with Gasteiger partial charge in [0, 0.05) is 37.4 Å². The maximum absolute atomic E-state index is 13.3. The minimum atomic E-state index is -0.259. The number of amides is 1. The first-order valence-electron chi connectivity index (χ1n) is 9.36.